The van der Waals surface area contributed by atoms with Crippen molar-refractivity contribution >= 4 is 52.1 Å². The van der Waals surface area contributed by atoms with Crippen molar-refractivity contribution in [2.24, 2.45) is 7.05 Å². The van der Waals surface area contributed by atoms with E-state index in [0.717, 1.165) is 0 Å². The number of carbonyl (C=O) groups is 1. The molecule has 2 N–H and O–H groups in total. The summed E-state index contributed by atoms with van der Waals surface area (Å²) in [4.78, 5) is 38.6. The van der Waals surface area contributed by atoms with E-state index in [-0.39, 0.29) is 17.5 Å². The zero-order valence-corrected chi connectivity index (χ0v) is 24.3. The van der Waals surface area contributed by atoms with Crippen LogP contribution in [0.25, 0.3) is 22.2 Å². The van der Waals surface area contributed by atoms with Crippen molar-refractivity contribution in [2.45, 2.75) is 38.5 Å². The Labute approximate surface area is 245 Å². The lowest BCUT2D eigenvalue weighted by Gasteiger charge is -2.24. The number of hydrogen-bond donors (Lipinski definition) is 2. The standard InChI is InChI=1S/C28H28Cl2N6O5/c1-28(2,3)41-27(38)33-20-13-39-14-21(20)40-16-8-9-22(31-12-16)34-26-32-11-15-10-17(25(37)36(4)24(15)35-26)23-18(29)6-5-7-19(23)30/h5-12,20-21H,13-14H2,1-4H3,(H,33,38)(H,31,32,34,35)/t20-,21+/m0/s1. The van der Waals surface area contributed by atoms with E-state index in [9.17, 15) is 9.59 Å². The molecule has 1 saturated heterocycles. The number of rotatable bonds is 6. The SMILES string of the molecule is Cn1c(=O)c(-c2c(Cl)cccc2Cl)cc2cnc(Nc3ccc(O[C@@H]4COC[C@@H]4NC(=O)OC(C)(C)C)cn3)nc21. The summed E-state index contributed by atoms with van der Waals surface area (Å²) in [5.41, 5.74) is 0.330. The minimum absolute atomic E-state index is 0.253. The van der Waals surface area contributed by atoms with Crippen LogP contribution in [-0.2, 0) is 16.5 Å². The maximum Gasteiger partial charge on any atom is 0.408 e. The van der Waals surface area contributed by atoms with Crippen LogP contribution in [-0.4, -0.2) is 56.6 Å². The first-order valence-corrected chi connectivity index (χ1v) is 13.5. The Bertz CT molecular complexity index is 1640. The van der Waals surface area contributed by atoms with Crippen LogP contribution in [0.2, 0.25) is 10.0 Å². The van der Waals surface area contributed by atoms with E-state index >= 15 is 0 Å². The number of carbonyl (C=O) groups excluding carboxylic acids is 1. The number of halogens is 2. The third kappa shape index (κ3) is 6.53. The minimum atomic E-state index is -0.607. The van der Waals surface area contributed by atoms with Gasteiger partial charge in [0.25, 0.3) is 5.56 Å². The van der Waals surface area contributed by atoms with Crippen LogP contribution in [0.4, 0.5) is 16.6 Å². The molecule has 4 aromatic rings. The van der Waals surface area contributed by atoms with Crippen molar-refractivity contribution in [3.8, 4) is 16.9 Å². The Morgan fingerprint density at radius 1 is 1.10 bits per heavy atom. The summed E-state index contributed by atoms with van der Waals surface area (Å²) in [6, 6.07) is 9.83. The average Bonchev–Trinajstić information content (AvgIpc) is 3.33. The molecular weight excluding hydrogens is 571 g/mol. The van der Waals surface area contributed by atoms with Crippen molar-refractivity contribution in [3.05, 3.63) is 69.2 Å². The second kappa shape index (κ2) is 11.5. The molecule has 11 nitrogen and oxygen atoms in total. The number of fused-ring (bicyclic) bond motifs is 1. The van der Waals surface area contributed by atoms with Gasteiger partial charge in [-0.2, -0.15) is 4.98 Å². The summed E-state index contributed by atoms with van der Waals surface area (Å²) in [5, 5.41) is 7.22. The number of benzene rings is 1. The molecule has 0 saturated carbocycles. The summed E-state index contributed by atoms with van der Waals surface area (Å²) < 4.78 is 18.2. The van der Waals surface area contributed by atoms with Gasteiger partial charge >= 0.3 is 6.09 Å². The molecule has 0 spiro atoms. The van der Waals surface area contributed by atoms with Crippen LogP contribution >= 0.6 is 23.2 Å². The highest BCUT2D eigenvalue weighted by atomic mass is 35.5. The molecule has 5 rings (SSSR count). The monoisotopic (exact) mass is 598 g/mol. The molecule has 1 fully saturated rings. The number of amides is 1. The lowest BCUT2D eigenvalue weighted by Crippen LogP contribution is -2.46. The minimum Gasteiger partial charge on any atom is -0.484 e. The van der Waals surface area contributed by atoms with Crippen molar-refractivity contribution in [1.29, 1.82) is 0 Å². The summed E-state index contributed by atoms with van der Waals surface area (Å²) in [6.07, 6.45) is 2.21. The molecule has 13 heteroatoms. The molecule has 1 aliphatic rings. The fourth-order valence-electron chi connectivity index (χ4n) is 4.30. The number of hydrogen-bond acceptors (Lipinski definition) is 9. The number of anilines is 2. The Kier molecular flexibility index (Phi) is 8.03. The lowest BCUT2D eigenvalue weighted by atomic mass is 10.1. The largest absolute Gasteiger partial charge is 0.484 e. The fourth-order valence-corrected chi connectivity index (χ4v) is 4.90. The van der Waals surface area contributed by atoms with Gasteiger partial charge in [0.1, 0.15) is 28.9 Å². The van der Waals surface area contributed by atoms with Gasteiger partial charge in [-0.05, 0) is 51.1 Å². The van der Waals surface area contributed by atoms with Crippen LogP contribution < -0.4 is 20.9 Å². The Morgan fingerprint density at radius 3 is 2.54 bits per heavy atom. The molecule has 41 heavy (non-hydrogen) atoms. The molecule has 2 atom stereocenters. The summed E-state index contributed by atoms with van der Waals surface area (Å²) >= 11 is 12.7. The first-order valence-electron chi connectivity index (χ1n) is 12.8. The highest BCUT2D eigenvalue weighted by Gasteiger charge is 2.33. The lowest BCUT2D eigenvalue weighted by molar-refractivity contribution is 0.0472. The van der Waals surface area contributed by atoms with E-state index in [0.29, 0.717) is 57.0 Å². The Balaban J connectivity index is 1.29. The van der Waals surface area contributed by atoms with Crippen molar-refractivity contribution in [1.82, 2.24) is 24.8 Å². The van der Waals surface area contributed by atoms with Crippen LogP contribution in [0.15, 0.2) is 53.6 Å². The van der Waals surface area contributed by atoms with Gasteiger partial charge in [0.05, 0.1) is 41.1 Å². The topological polar surface area (TPSA) is 129 Å². The predicted molar refractivity (Wildman–Crippen MR) is 156 cm³/mol. The Hall–Kier alpha value is -3.93. The van der Waals surface area contributed by atoms with Crippen molar-refractivity contribution in [2.75, 3.05) is 18.5 Å². The van der Waals surface area contributed by atoms with Gasteiger partial charge in [-0.1, -0.05) is 29.3 Å². The second-order valence-electron chi connectivity index (χ2n) is 10.4. The summed E-state index contributed by atoms with van der Waals surface area (Å²) in [6.45, 7) is 6.02. The molecule has 4 heterocycles. The highest BCUT2D eigenvalue weighted by Crippen LogP contribution is 2.33. The molecule has 214 valence electrons. The summed E-state index contributed by atoms with van der Waals surface area (Å²) in [5.74, 6) is 1.21. The van der Waals surface area contributed by atoms with Crippen LogP contribution in [0.5, 0.6) is 5.75 Å². The predicted octanol–water partition coefficient (Wildman–Crippen LogP) is 5.11. The molecule has 1 amide bonds. The molecule has 3 aromatic heterocycles. The van der Waals surface area contributed by atoms with E-state index in [2.05, 4.69) is 25.6 Å². The molecular formula is C28H28Cl2N6O5. The van der Waals surface area contributed by atoms with Crippen LogP contribution in [0.3, 0.4) is 0 Å². The number of aryl methyl sites for hydroxylation is 1. The van der Waals surface area contributed by atoms with Gasteiger partial charge in [-0.15, -0.1) is 0 Å². The van der Waals surface area contributed by atoms with E-state index in [4.69, 9.17) is 37.4 Å². The van der Waals surface area contributed by atoms with E-state index in [1.54, 1.807) is 76.6 Å². The summed E-state index contributed by atoms with van der Waals surface area (Å²) in [7, 11) is 1.62. The quantitative estimate of drug-likeness (QED) is 0.311. The van der Waals surface area contributed by atoms with Crippen molar-refractivity contribution in [3.63, 3.8) is 0 Å². The number of nitrogens with one attached hydrogen (secondary N) is 2. The van der Waals surface area contributed by atoms with Gasteiger partial charge in [0.2, 0.25) is 5.95 Å². The Morgan fingerprint density at radius 2 is 1.85 bits per heavy atom. The van der Waals surface area contributed by atoms with Gasteiger partial charge < -0.3 is 24.8 Å². The van der Waals surface area contributed by atoms with E-state index in [1.165, 1.54) is 4.57 Å². The molecule has 0 unspecified atom stereocenters. The van der Waals surface area contributed by atoms with Gasteiger partial charge in [-0.25, -0.2) is 14.8 Å². The zero-order valence-electron chi connectivity index (χ0n) is 22.8. The molecule has 0 aliphatic carbocycles. The van der Waals surface area contributed by atoms with Gasteiger partial charge in [0.15, 0.2) is 0 Å². The van der Waals surface area contributed by atoms with Gasteiger partial charge in [-0.3, -0.25) is 9.36 Å². The number of pyridine rings is 2. The fraction of sp³-hybridized carbons (Fsp3) is 0.321. The molecule has 0 radical (unpaired) electrons. The zero-order chi connectivity index (χ0) is 29.3. The van der Waals surface area contributed by atoms with Crippen LogP contribution in [0.1, 0.15) is 20.8 Å². The van der Waals surface area contributed by atoms with Crippen molar-refractivity contribution < 1.29 is 19.0 Å². The first kappa shape index (κ1) is 28.6. The average molecular weight is 599 g/mol. The normalized spacial score (nSPS) is 16.9. The molecule has 1 aromatic carbocycles. The first-order chi connectivity index (χ1) is 19.5. The smallest absolute Gasteiger partial charge is 0.408 e. The molecule has 1 aliphatic heterocycles. The number of alkyl carbamates (subject to hydrolysis) is 1. The third-order valence-electron chi connectivity index (χ3n) is 6.17. The van der Waals surface area contributed by atoms with Crippen LogP contribution in [0, 0.1) is 0 Å². The van der Waals surface area contributed by atoms with E-state index < -0.39 is 17.8 Å². The third-order valence-corrected chi connectivity index (χ3v) is 6.80. The highest BCUT2D eigenvalue weighted by molar-refractivity contribution is 6.39. The maximum absolute atomic E-state index is 13.2. The number of aromatic nitrogens is 4. The number of nitrogens with zero attached hydrogens (tertiary/aromatic N) is 4. The van der Waals surface area contributed by atoms with Gasteiger partial charge in [0, 0.05) is 24.2 Å². The number of ether oxygens (including phenoxy) is 3. The second-order valence-corrected chi connectivity index (χ2v) is 11.3. The van der Waals surface area contributed by atoms with E-state index in [1.807, 2.05) is 0 Å². The molecule has 0 bridgehead atoms. The maximum atomic E-state index is 13.2.